The van der Waals surface area contributed by atoms with Gasteiger partial charge in [-0.1, -0.05) is 12.2 Å². The number of nitrogens with one attached hydrogen (secondary N) is 1. The lowest BCUT2D eigenvalue weighted by Crippen LogP contribution is -2.54. The summed E-state index contributed by atoms with van der Waals surface area (Å²) in [6.45, 7) is 2.72. The topological polar surface area (TPSA) is 58.4 Å². The van der Waals surface area contributed by atoms with Crippen LogP contribution < -0.4 is 11.1 Å². The molecular weight excluding hydrogens is 210 g/mol. The number of hydrogen-bond acceptors (Lipinski definition) is 3. The van der Waals surface area contributed by atoms with E-state index in [1.165, 1.54) is 0 Å². The van der Waals surface area contributed by atoms with E-state index in [4.69, 9.17) is 18.0 Å². The first kappa shape index (κ1) is 10.8. The lowest BCUT2D eigenvalue weighted by molar-refractivity contribution is -0.125. The minimum absolute atomic E-state index is 0.207. The standard InChI is InChI=1S/C10H17N3OS/c11-9(15)6-13-4-3-8-7(5-13)1-2-10(14)12-8/h7-8H,1-6H2,(H2,11,15)(H,12,14). The Hall–Kier alpha value is -0.680. The van der Waals surface area contributed by atoms with E-state index in [-0.39, 0.29) is 5.91 Å². The molecule has 2 saturated heterocycles. The van der Waals surface area contributed by atoms with Crippen LogP contribution in [0.4, 0.5) is 0 Å². The van der Waals surface area contributed by atoms with Gasteiger partial charge in [0.05, 0.1) is 4.99 Å². The van der Waals surface area contributed by atoms with Gasteiger partial charge in [-0.2, -0.15) is 0 Å². The highest BCUT2D eigenvalue weighted by atomic mass is 32.1. The molecule has 2 unspecified atom stereocenters. The number of fused-ring (bicyclic) bond motifs is 1. The summed E-state index contributed by atoms with van der Waals surface area (Å²) in [6.07, 6.45) is 2.70. The number of hydrogen-bond donors (Lipinski definition) is 2. The molecule has 0 aliphatic carbocycles. The maximum atomic E-state index is 11.2. The molecule has 0 spiro atoms. The van der Waals surface area contributed by atoms with Gasteiger partial charge >= 0.3 is 0 Å². The van der Waals surface area contributed by atoms with E-state index in [0.29, 0.717) is 29.9 Å². The van der Waals surface area contributed by atoms with Crippen LogP contribution in [0.2, 0.25) is 0 Å². The Kier molecular flexibility index (Phi) is 3.21. The van der Waals surface area contributed by atoms with E-state index in [2.05, 4.69) is 10.2 Å². The summed E-state index contributed by atoms with van der Waals surface area (Å²) < 4.78 is 0. The number of nitrogens with zero attached hydrogens (tertiary/aromatic N) is 1. The zero-order chi connectivity index (χ0) is 10.8. The predicted molar refractivity (Wildman–Crippen MR) is 62.5 cm³/mol. The van der Waals surface area contributed by atoms with Crippen molar-refractivity contribution in [3.8, 4) is 0 Å². The second-order valence-electron chi connectivity index (χ2n) is 4.46. The van der Waals surface area contributed by atoms with E-state index < -0.39 is 0 Å². The average Bonchev–Trinajstić information content (AvgIpc) is 2.17. The van der Waals surface area contributed by atoms with Crippen molar-refractivity contribution < 1.29 is 4.79 Å². The molecule has 0 aromatic heterocycles. The van der Waals surface area contributed by atoms with Gasteiger partial charge in [0.15, 0.2) is 0 Å². The van der Waals surface area contributed by atoms with Crippen LogP contribution in [0, 0.1) is 5.92 Å². The summed E-state index contributed by atoms with van der Waals surface area (Å²) in [5.41, 5.74) is 5.53. The molecule has 2 fully saturated rings. The number of carbonyl (C=O) groups excluding carboxylic acids is 1. The zero-order valence-corrected chi connectivity index (χ0v) is 9.55. The summed E-state index contributed by atoms with van der Waals surface area (Å²) in [6, 6.07) is 0.383. The molecule has 2 rings (SSSR count). The maximum Gasteiger partial charge on any atom is 0.220 e. The molecule has 0 bridgehead atoms. The van der Waals surface area contributed by atoms with Crippen molar-refractivity contribution in [3.63, 3.8) is 0 Å². The Morgan fingerprint density at radius 1 is 1.60 bits per heavy atom. The lowest BCUT2D eigenvalue weighted by Gasteiger charge is -2.41. The summed E-state index contributed by atoms with van der Waals surface area (Å²) in [4.78, 5) is 14.1. The van der Waals surface area contributed by atoms with Gasteiger partial charge in [-0.15, -0.1) is 0 Å². The summed E-state index contributed by atoms with van der Waals surface area (Å²) in [7, 11) is 0. The molecule has 15 heavy (non-hydrogen) atoms. The number of carbonyl (C=O) groups is 1. The van der Waals surface area contributed by atoms with E-state index in [9.17, 15) is 4.79 Å². The summed E-state index contributed by atoms with van der Waals surface area (Å²) >= 11 is 4.91. The monoisotopic (exact) mass is 227 g/mol. The smallest absolute Gasteiger partial charge is 0.220 e. The Balaban J connectivity index is 1.89. The number of nitrogens with two attached hydrogens (primary N) is 1. The summed E-state index contributed by atoms with van der Waals surface area (Å²) in [5.74, 6) is 0.796. The van der Waals surface area contributed by atoms with Crippen molar-refractivity contribution in [2.75, 3.05) is 19.6 Å². The van der Waals surface area contributed by atoms with Gasteiger partial charge in [0.2, 0.25) is 5.91 Å². The van der Waals surface area contributed by atoms with Gasteiger partial charge in [-0.05, 0) is 18.8 Å². The van der Waals surface area contributed by atoms with E-state index in [1.807, 2.05) is 0 Å². The van der Waals surface area contributed by atoms with Crippen LogP contribution in [0.1, 0.15) is 19.3 Å². The number of piperidine rings is 2. The van der Waals surface area contributed by atoms with Gasteiger partial charge in [-0.3, -0.25) is 9.69 Å². The maximum absolute atomic E-state index is 11.2. The van der Waals surface area contributed by atoms with Crippen LogP contribution in [-0.2, 0) is 4.79 Å². The van der Waals surface area contributed by atoms with Crippen molar-refractivity contribution in [1.82, 2.24) is 10.2 Å². The molecule has 2 aliphatic rings. The highest BCUT2D eigenvalue weighted by Gasteiger charge is 2.33. The van der Waals surface area contributed by atoms with Crippen LogP contribution in [-0.4, -0.2) is 41.5 Å². The SMILES string of the molecule is NC(=S)CN1CCC2NC(=O)CCC2C1. The summed E-state index contributed by atoms with van der Waals surface area (Å²) in [5, 5.41) is 3.06. The second-order valence-corrected chi connectivity index (χ2v) is 4.99. The predicted octanol–water partition coefficient (Wildman–Crippen LogP) is -0.127. The third-order valence-electron chi connectivity index (χ3n) is 3.29. The number of amides is 1. The molecule has 0 radical (unpaired) electrons. The number of thiocarbonyl (C=S) groups is 1. The average molecular weight is 227 g/mol. The highest BCUT2D eigenvalue weighted by molar-refractivity contribution is 7.80. The fourth-order valence-electron chi connectivity index (χ4n) is 2.55. The zero-order valence-electron chi connectivity index (χ0n) is 8.74. The Morgan fingerprint density at radius 3 is 3.13 bits per heavy atom. The number of likely N-dealkylation sites (tertiary alicyclic amines) is 1. The molecular formula is C10H17N3OS. The quantitative estimate of drug-likeness (QED) is 0.645. The molecule has 84 valence electrons. The molecule has 2 heterocycles. The van der Waals surface area contributed by atoms with Gasteiger partial charge in [0.1, 0.15) is 0 Å². The van der Waals surface area contributed by atoms with Gasteiger partial charge in [0.25, 0.3) is 0 Å². The molecule has 4 nitrogen and oxygen atoms in total. The van der Waals surface area contributed by atoms with E-state index in [1.54, 1.807) is 0 Å². The molecule has 0 saturated carbocycles. The third-order valence-corrected chi connectivity index (χ3v) is 3.42. The highest BCUT2D eigenvalue weighted by Crippen LogP contribution is 2.24. The van der Waals surface area contributed by atoms with Gasteiger partial charge < -0.3 is 11.1 Å². The molecule has 0 aromatic rings. The largest absolute Gasteiger partial charge is 0.392 e. The molecule has 3 N–H and O–H groups in total. The van der Waals surface area contributed by atoms with Crippen LogP contribution in [0.3, 0.4) is 0 Å². The molecule has 5 heteroatoms. The van der Waals surface area contributed by atoms with Crippen LogP contribution >= 0.6 is 12.2 Å². The molecule has 2 aliphatic heterocycles. The first-order valence-corrected chi connectivity index (χ1v) is 5.86. The van der Waals surface area contributed by atoms with Crippen molar-refractivity contribution >= 4 is 23.1 Å². The fraction of sp³-hybridized carbons (Fsp3) is 0.800. The van der Waals surface area contributed by atoms with Crippen molar-refractivity contribution in [1.29, 1.82) is 0 Å². The Bertz CT molecular complexity index is 282. The second kappa shape index (κ2) is 4.45. The number of rotatable bonds is 2. The van der Waals surface area contributed by atoms with Gasteiger partial charge in [-0.25, -0.2) is 0 Å². The van der Waals surface area contributed by atoms with Crippen LogP contribution in [0.5, 0.6) is 0 Å². The normalized spacial score (nSPS) is 31.9. The van der Waals surface area contributed by atoms with Crippen LogP contribution in [0.25, 0.3) is 0 Å². The van der Waals surface area contributed by atoms with E-state index in [0.717, 1.165) is 25.9 Å². The fourth-order valence-corrected chi connectivity index (χ4v) is 2.73. The van der Waals surface area contributed by atoms with E-state index >= 15 is 0 Å². The van der Waals surface area contributed by atoms with Crippen molar-refractivity contribution in [3.05, 3.63) is 0 Å². The Morgan fingerprint density at radius 2 is 2.40 bits per heavy atom. The first-order chi connectivity index (χ1) is 7.15. The molecule has 0 aromatic carbocycles. The molecule has 1 amide bonds. The lowest BCUT2D eigenvalue weighted by atomic mass is 9.85. The Labute approximate surface area is 95.2 Å². The third kappa shape index (κ3) is 2.66. The molecule has 2 atom stereocenters. The minimum Gasteiger partial charge on any atom is -0.392 e. The minimum atomic E-state index is 0.207. The van der Waals surface area contributed by atoms with Gasteiger partial charge in [0, 0.05) is 32.1 Å². The van der Waals surface area contributed by atoms with Crippen molar-refractivity contribution in [2.24, 2.45) is 11.7 Å². The van der Waals surface area contributed by atoms with Crippen LogP contribution in [0.15, 0.2) is 0 Å². The van der Waals surface area contributed by atoms with Crippen molar-refractivity contribution in [2.45, 2.75) is 25.3 Å². The first-order valence-electron chi connectivity index (χ1n) is 5.45.